The lowest BCUT2D eigenvalue weighted by Gasteiger charge is -2.32. The standard InChI is InChI=1S/C20H25N3O4/c1-25-16-8-5-15(6-9-16)7-12-20(24)23-13-3-4-17(14-23)27-19-11-10-18(26-2)21-22-19/h5-6,8-11,17H,3-4,7,12-14H2,1-2H3. The third-order valence-electron chi connectivity index (χ3n) is 4.63. The number of amides is 1. The van der Waals surface area contributed by atoms with E-state index in [1.54, 1.807) is 26.4 Å². The first kappa shape index (κ1) is 18.9. The number of hydrogen-bond donors (Lipinski definition) is 0. The third kappa shape index (κ3) is 5.32. The number of aryl methyl sites for hydroxylation is 1. The maximum absolute atomic E-state index is 12.6. The second-order valence-corrected chi connectivity index (χ2v) is 6.48. The van der Waals surface area contributed by atoms with Gasteiger partial charge in [-0.3, -0.25) is 4.79 Å². The van der Waals surface area contributed by atoms with Crippen LogP contribution in [0, 0.1) is 0 Å². The van der Waals surface area contributed by atoms with E-state index in [-0.39, 0.29) is 12.0 Å². The molecule has 1 unspecified atom stereocenters. The molecular weight excluding hydrogens is 346 g/mol. The molecule has 1 aliphatic rings. The molecule has 27 heavy (non-hydrogen) atoms. The molecule has 1 saturated heterocycles. The Bertz CT molecular complexity index is 734. The Balaban J connectivity index is 1.49. The van der Waals surface area contributed by atoms with Gasteiger partial charge in [0.25, 0.3) is 0 Å². The minimum Gasteiger partial charge on any atom is -0.497 e. The first-order chi connectivity index (χ1) is 13.2. The molecule has 0 N–H and O–H groups in total. The van der Waals surface area contributed by atoms with Crippen LogP contribution in [0.1, 0.15) is 24.8 Å². The summed E-state index contributed by atoms with van der Waals surface area (Å²) in [5.74, 6) is 1.87. The zero-order chi connectivity index (χ0) is 19.1. The van der Waals surface area contributed by atoms with Gasteiger partial charge in [0.05, 0.1) is 20.8 Å². The topological polar surface area (TPSA) is 73.8 Å². The summed E-state index contributed by atoms with van der Waals surface area (Å²) in [7, 11) is 3.19. The van der Waals surface area contributed by atoms with Crippen molar-refractivity contribution >= 4 is 5.91 Å². The Labute approximate surface area is 159 Å². The van der Waals surface area contributed by atoms with E-state index in [2.05, 4.69) is 10.2 Å². The second kappa shape index (κ2) is 9.21. The molecule has 3 rings (SSSR count). The van der Waals surface area contributed by atoms with Crippen LogP contribution < -0.4 is 14.2 Å². The van der Waals surface area contributed by atoms with Crippen molar-refractivity contribution in [3.05, 3.63) is 42.0 Å². The Morgan fingerprint density at radius 2 is 1.81 bits per heavy atom. The van der Waals surface area contributed by atoms with E-state index in [0.717, 1.165) is 37.1 Å². The number of rotatable bonds is 7. The maximum atomic E-state index is 12.6. The largest absolute Gasteiger partial charge is 0.497 e. The molecule has 1 aromatic heterocycles. The van der Waals surface area contributed by atoms with Gasteiger partial charge in [-0.25, -0.2) is 0 Å². The molecule has 2 aromatic rings. The summed E-state index contributed by atoms with van der Waals surface area (Å²) in [6.07, 6.45) is 2.96. The van der Waals surface area contributed by atoms with E-state index in [9.17, 15) is 4.79 Å². The number of carbonyl (C=O) groups is 1. The van der Waals surface area contributed by atoms with Gasteiger partial charge in [-0.1, -0.05) is 12.1 Å². The number of piperidine rings is 1. The van der Waals surface area contributed by atoms with Crippen molar-refractivity contribution in [3.63, 3.8) is 0 Å². The van der Waals surface area contributed by atoms with Crippen LogP contribution in [0.4, 0.5) is 0 Å². The molecule has 1 amide bonds. The van der Waals surface area contributed by atoms with Gasteiger partial charge in [-0.2, -0.15) is 0 Å². The fourth-order valence-electron chi connectivity index (χ4n) is 3.11. The van der Waals surface area contributed by atoms with Crippen LogP contribution in [-0.2, 0) is 11.2 Å². The Morgan fingerprint density at radius 1 is 1.07 bits per heavy atom. The van der Waals surface area contributed by atoms with Crippen LogP contribution in [-0.4, -0.2) is 54.4 Å². The lowest BCUT2D eigenvalue weighted by atomic mass is 10.1. The van der Waals surface area contributed by atoms with Crippen LogP contribution in [0.5, 0.6) is 17.5 Å². The van der Waals surface area contributed by atoms with E-state index >= 15 is 0 Å². The molecule has 7 nitrogen and oxygen atoms in total. The summed E-state index contributed by atoms with van der Waals surface area (Å²) >= 11 is 0. The molecule has 2 heterocycles. The summed E-state index contributed by atoms with van der Waals surface area (Å²) < 4.78 is 16.0. The van der Waals surface area contributed by atoms with Crippen molar-refractivity contribution < 1.29 is 19.0 Å². The summed E-state index contributed by atoms with van der Waals surface area (Å²) in [6.45, 7) is 1.35. The van der Waals surface area contributed by atoms with E-state index in [1.165, 1.54) is 0 Å². The summed E-state index contributed by atoms with van der Waals surface area (Å²) in [5, 5.41) is 7.90. The maximum Gasteiger partial charge on any atom is 0.233 e. The van der Waals surface area contributed by atoms with Gasteiger partial charge >= 0.3 is 0 Å². The number of benzene rings is 1. The van der Waals surface area contributed by atoms with Crippen LogP contribution in [0.3, 0.4) is 0 Å². The number of ether oxygens (including phenoxy) is 3. The van der Waals surface area contributed by atoms with Crippen molar-refractivity contribution in [1.82, 2.24) is 15.1 Å². The van der Waals surface area contributed by atoms with Crippen molar-refractivity contribution in [1.29, 1.82) is 0 Å². The van der Waals surface area contributed by atoms with Gasteiger partial charge in [0.1, 0.15) is 11.9 Å². The Hall–Kier alpha value is -2.83. The molecule has 0 bridgehead atoms. The average Bonchev–Trinajstić information content (AvgIpc) is 2.73. The normalized spacial score (nSPS) is 16.7. The number of nitrogens with zero attached hydrogens (tertiary/aromatic N) is 3. The Kier molecular flexibility index (Phi) is 6.46. The van der Waals surface area contributed by atoms with Crippen LogP contribution in [0.15, 0.2) is 36.4 Å². The van der Waals surface area contributed by atoms with Gasteiger partial charge in [-0.05, 0) is 37.0 Å². The van der Waals surface area contributed by atoms with Crippen LogP contribution in [0.25, 0.3) is 0 Å². The monoisotopic (exact) mass is 371 g/mol. The zero-order valence-corrected chi connectivity index (χ0v) is 15.8. The number of methoxy groups -OCH3 is 2. The molecule has 1 fully saturated rings. The third-order valence-corrected chi connectivity index (χ3v) is 4.63. The van der Waals surface area contributed by atoms with E-state index < -0.39 is 0 Å². The minimum atomic E-state index is -0.0635. The van der Waals surface area contributed by atoms with E-state index in [1.807, 2.05) is 29.2 Å². The minimum absolute atomic E-state index is 0.0635. The highest BCUT2D eigenvalue weighted by Crippen LogP contribution is 2.19. The first-order valence-corrected chi connectivity index (χ1v) is 9.13. The zero-order valence-electron chi connectivity index (χ0n) is 15.8. The fourth-order valence-corrected chi connectivity index (χ4v) is 3.11. The van der Waals surface area contributed by atoms with E-state index in [4.69, 9.17) is 14.2 Å². The number of likely N-dealkylation sites (tertiary alicyclic amines) is 1. The van der Waals surface area contributed by atoms with Crippen LogP contribution >= 0.6 is 0 Å². The average molecular weight is 371 g/mol. The molecule has 144 valence electrons. The first-order valence-electron chi connectivity index (χ1n) is 9.13. The molecule has 0 radical (unpaired) electrons. The summed E-state index contributed by atoms with van der Waals surface area (Å²) in [6, 6.07) is 11.3. The molecule has 1 atom stereocenters. The van der Waals surface area contributed by atoms with Crippen molar-refractivity contribution in [2.45, 2.75) is 31.8 Å². The molecule has 1 aromatic carbocycles. The molecule has 0 spiro atoms. The molecular formula is C20H25N3O4. The highest BCUT2D eigenvalue weighted by Gasteiger charge is 2.25. The van der Waals surface area contributed by atoms with Gasteiger partial charge in [0.2, 0.25) is 17.7 Å². The predicted octanol–water partition coefficient (Wildman–Crippen LogP) is 2.50. The quantitative estimate of drug-likeness (QED) is 0.745. The summed E-state index contributed by atoms with van der Waals surface area (Å²) in [5.41, 5.74) is 1.13. The van der Waals surface area contributed by atoms with Gasteiger partial charge in [0.15, 0.2) is 0 Å². The number of aromatic nitrogens is 2. The van der Waals surface area contributed by atoms with Crippen molar-refractivity contribution in [2.75, 3.05) is 27.3 Å². The summed E-state index contributed by atoms with van der Waals surface area (Å²) in [4.78, 5) is 14.5. The van der Waals surface area contributed by atoms with Gasteiger partial charge < -0.3 is 19.1 Å². The van der Waals surface area contributed by atoms with Crippen LogP contribution in [0.2, 0.25) is 0 Å². The van der Waals surface area contributed by atoms with Gasteiger partial charge in [0, 0.05) is 25.1 Å². The smallest absolute Gasteiger partial charge is 0.233 e. The fraction of sp³-hybridized carbons (Fsp3) is 0.450. The number of hydrogen-bond acceptors (Lipinski definition) is 6. The Morgan fingerprint density at radius 3 is 2.48 bits per heavy atom. The molecule has 1 aliphatic heterocycles. The van der Waals surface area contributed by atoms with E-state index in [0.29, 0.717) is 24.7 Å². The number of carbonyl (C=O) groups excluding carboxylic acids is 1. The second-order valence-electron chi connectivity index (χ2n) is 6.48. The van der Waals surface area contributed by atoms with Gasteiger partial charge in [-0.15, -0.1) is 10.2 Å². The molecule has 7 heteroatoms. The SMILES string of the molecule is COc1ccc(CCC(=O)N2CCCC(Oc3ccc(OC)nn3)C2)cc1. The lowest BCUT2D eigenvalue weighted by molar-refractivity contribution is -0.133. The predicted molar refractivity (Wildman–Crippen MR) is 100 cm³/mol. The lowest BCUT2D eigenvalue weighted by Crippen LogP contribution is -2.44. The van der Waals surface area contributed by atoms with Crippen molar-refractivity contribution in [3.8, 4) is 17.5 Å². The highest BCUT2D eigenvalue weighted by molar-refractivity contribution is 5.76. The highest BCUT2D eigenvalue weighted by atomic mass is 16.5. The molecule has 0 aliphatic carbocycles. The van der Waals surface area contributed by atoms with Crippen molar-refractivity contribution in [2.24, 2.45) is 0 Å². The molecule has 0 saturated carbocycles.